The Morgan fingerprint density at radius 1 is 1.26 bits per heavy atom. The Morgan fingerprint density at radius 2 is 2.11 bits per heavy atom. The van der Waals surface area contributed by atoms with Crippen LogP contribution in [0.15, 0.2) is 18.3 Å². The molecule has 1 aliphatic heterocycles. The van der Waals surface area contributed by atoms with Crippen molar-refractivity contribution in [2.45, 2.75) is 51.1 Å². The number of pyridine rings is 1. The zero-order valence-electron chi connectivity index (χ0n) is 11.5. The summed E-state index contributed by atoms with van der Waals surface area (Å²) in [6.45, 7) is 2.28. The predicted octanol–water partition coefficient (Wildman–Crippen LogP) is 2.52. The van der Waals surface area contributed by atoms with Crippen LogP contribution in [0.25, 0.3) is 0 Å². The van der Waals surface area contributed by atoms with E-state index in [-0.39, 0.29) is 0 Å². The number of fused-ring (bicyclic) bond motifs is 1. The van der Waals surface area contributed by atoms with Crippen molar-refractivity contribution in [1.29, 1.82) is 0 Å². The van der Waals surface area contributed by atoms with Gasteiger partial charge in [-0.15, -0.1) is 0 Å². The molecule has 1 saturated carbocycles. The van der Waals surface area contributed by atoms with Crippen LogP contribution in [0.3, 0.4) is 0 Å². The quantitative estimate of drug-likeness (QED) is 0.648. The van der Waals surface area contributed by atoms with E-state index in [0.717, 1.165) is 24.3 Å². The molecule has 104 valence electrons. The summed E-state index contributed by atoms with van der Waals surface area (Å²) in [5, 5.41) is 0. The zero-order valence-corrected chi connectivity index (χ0v) is 11.5. The number of hydrogen-bond acceptors (Lipinski definition) is 4. The highest BCUT2D eigenvalue weighted by atomic mass is 15.2. The Balaban J connectivity index is 1.70. The number of hydrazine groups is 1. The van der Waals surface area contributed by atoms with Crippen molar-refractivity contribution in [2.24, 2.45) is 11.8 Å². The average molecular weight is 260 g/mol. The molecule has 1 aliphatic carbocycles. The predicted molar refractivity (Wildman–Crippen MR) is 77.4 cm³/mol. The molecule has 1 saturated heterocycles. The third-order valence-electron chi connectivity index (χ3n) is 4.72. The largest absolute Gasteiger partial charge is 0.308 e. The first-order valence-corrected chi connectivity index (χ1v) is 7.52. The number of nitrogens with zero attached hydrogens (tertiary/aromatic N) is 2. The normalized spacial score (nSPS) is 27.8. The number of hydrogen-bond donors (Lipinski definition) is 2. The van der Waals surface area contributed by atoms with Gasteiger partial charge in [0.25, 0.3) is 0 Å². The molecule has 2 aliphatic rings. The van der Waals surface area contributed by atoms with Gasteiger partial charge in [-0.1, -0.05) is 12.8 Å². The summed E-state index contributed by atoms with van der Waals surface area (Å²) in [5.41, 5.74) is 3.95. The Morgan fingerprint density at radius 3 is 3.00 bits per heavy atom. The molecule has 2 atom stereocenters. The van der Waals surface area contributed by atoms with Crippen molar-refractivity contribution in [3.05, 3.63) is 23.9 Å². The van der Waals surface area contributed by atoms with E-state index in [1.165, 1.54) is 50.6 Å². The van der Waals surface area contributed by atoms with Crippen molar-refractivity contribution in [2.75, 3.05) is 12.0 Å². The fourth-order valence-electron chi connectivity index (χ4n) is 3.81. The van der Waals surface area contributed by atoms with Gasteiger partial charge in [-0.3, -0.25) is 4.90 Å². The monoisotopic (exact) mass is 260 g/mol. The molecule has 4 nitrogen and oxygen atoms in total. The van der Waals surface area contributed by atoms with Crippen molar-refractivity contribution < 1.29 is 0 Å². The topological polar surface area (TPSA) is 54.2 Å². The molecule has 0 bridgehead atoms. The lowest BCUT2D eigenvalue weighted by molar-refractivity contribution is 0.0547. The lowest BCUT2D eigenvalue weighted by Crippen LogP contribution is -2.46. The van der Waals surface area contributed by atoms with E-state index in [9.17, 15) is 0 Å². The van der Waals surface area contributed by atoms with Crippen LogP contribution in [-0.2, 0) is 6.54 Å². The van der Waals surface area contributed by atoms with Crippen LogP contribution in [0, 0.1) is 5.92 Å². The van der Waals surface area contributed by atoms with Gasteiger partial charge < -0.3 is 5.43 Å². The van der Waals surface area contributed by atoms with Gasteiger partial charge in [0, 0.05) is 18.8 Å². The van der Waals surface area contributed by atoms with Crippen LogP contribution < -0.4 is 11.3 Å². The van der Waals surface area contributed by atoms with Crippen LogP contribution in [0.2, 0.25) is 0 Å². The van der Waals surface area contributed by atoms with Crippen molar-refractivity contribution in [3.63, 3.8) is 0 Å². The van der Waals surface area contributed by atoms with E-state index in [1.54, 1.807) is 0 Å². The highest BCUT2D eigenvalue weighted by molar-refractivity contribution is 5.35. The van der Waals surface area contributed by atoms with Gasteiger partial charge in [-0.2, -0.15) is 0 Å². The summed E-state index contributed by atoms with van der Waals surface area (Å²) in [5.74, 6) is 7.13. The number of nitrogen functional groups attached to an aromatic ring is 1. The molecule has 4 heteroatoms. The Hall–Kier alpha value is -1.13. The summed E-state index contributed by atoms with van der Waals surface area (Å²) in [6.07, 6.45) is 10.3. The van der Waals surface area contributed by atoms with Crippen LogP contribution in [0.4, 0.5) is 5.82 Å². The molecule has 2 heterocycles. The Kier molecular flexibility index (Phi) is 3.99. The SMILES string of the molecule is NNc1cc(CN2CCC[C@H]3CCCC[C@H]32)ccn1. The van der Waals surface area contributed by atoms with Crippen LogP contribution in [0.1, 0.15) is 44.1 Å². The minimum absolute atomic E-state index is 0.759. The number of aromatic nitrogens is 1. The van der Waals surface area contributed by atoms with E-state index < -0.39 is 0 Å². The fourth-order valence-corrected chi connectivity index (χ4v) is 3.81. The van der Waals surface area contributed by atoms with Crippen LogP contribution in [-0.4, -0.2) is 22.5 Å². The number of likely N-dealkylation sites (tertiary alicyclic amines) is 1. The first-order valence-electron chi connectivity index (χ1n) is 7.52. The average Bonchev–Trinajstić information content (AvgIpc) is 2.48. The third-order valence-corrected chi connectivity index (χ3v) is 4.72. The van der Waals surface area contributed by atoms with Gasteiger partial charge in [-0.05, 0) is 55.8 Å². The van der Waals surface area contributed by atoms with Crippen molar-refractivity contribution in [1.82, 2.24) is 9.88 Å². The molecule has 0 radical (unpaired) electrons. The third kappa shape index (κ3) is 2.90. The molecule has 3 N–H and O–H groups in total. The maximum Gasteiger partial charge on any atom is 0.140 e. The van der Waals surface area contributed by atoms with E-state index in [1.807, 2.05) is 6.20 Å². The fraction of sp³-hybridized carbons (Fsp3) is 0.667. The number of anilines is 1. The van der Waals surface area contributed by atoms with E-state index in [2.05, 4.69) is 27.4 Å². The smallest absolute Gasteiger partial charge is 0.140 e. The van der Waals surface area contributed by atoms with Crippen molar-refractivity contribution >= 4 is 5.82 Å². The first-order chi connectivity index (χ1) is 9.36. The highest BCUT2D eigenvalue weighted by Crippen LogP contribution is 2.35. The summed E-state index contributed by atoms with van der Waals surface area (Å²) in [6, 6.07) is 4.98. The van der Waals surface area contributed by atoms with Gasteiger partial charge in [0.05, 0.1) is 0 Å². The maximum absolute atomic E-state index is 5.43. The molecule has 1 aromatic rings. The summed E-state index contributed by atoms with van der Waals surface area (Å²) in [4.78, 5) is 6.86. The number of nitrogens with one attached hydrogen (secondary N) is 1. The minimum Gasteiger partial charge on any atom is -0.308 e. The van der Waals surface area contributed by atoms with Crippen LogP contribution >= 0.6 is 0 Å². The lowest BCUT2D eigenvalue weighted by atomic mass is 9.78. The van der Waals surface area contributed by atoms with Crippen LogP contribution in [0.5, 0.6) is 0 Å². The second-order valence-electron chi connectivity index (χ2n) is 5.92. The van der Waals surface area contributed by atoms with E-state index in [4.69, 9.17) is 5.84 Å². The van der Waals surface area contributed by atoms with Gasteiger partial charge in [-0.25, -0.2) is 10.8 Å². The molecular weight excluding hydrogens is 236 g/mol. The number of nitrogens with two attached hydrogens (primary N) is 1. The molecule has 19 heavy (non-hydrogen) atoms. The minimum atomic E-state index is 0.759. The van der Waals surface area contributed by atoms with Gasteiger partial charge in [0.1, 0.15) is 5.82 Å². The van der Waals surface area contributed by atoms with E-state index in [0.29, 0.717) is 0 Å². The molecule has 2 fully saturated rings. The first kappa shape index (κ1) is 12.9. The molecule has 0 unspecified atom stereocenters. The number of piperidine rings is 1. The maximum atomic E-state index is 5.43. The molecule has 3 rings (SSSR count). The molecular formula is C15H24N4. The highest BCUT2D eigenvalue weighted by Gasteiger charge is 2.32. The molecule has 0 aromatic carbocycles. The second-order valence-corrected chi connectivity index (χ2v) is 5.92. The molecule has 0 spiro atoms. The summed E-state index contributed by atoms with van der Waals surface area (Å²) < 4.78 is 0. The Bertz CT molecular complexity index is 418. The second kappa shape index (κ2) is 5.88. The van der Waals surface area contributed by atoms with Gasteiger partial charge in [0.2, 0.25) is 0 Å². The standard InChI is InChI=1S/C15H24N4/c16-18-15-10-12(7-8-17-15)11-19-9-3-5-13-4-1-2-6-14(13)19/h7-8,10,13-14H,1-6,9,11,16H2,(H,17,18)/t13-,14-/m1/s1. The Labute approximate surface area is 115 Å². The molecule has 1 aromatic heterocycles. The van der Waals surface area contributed by atoms with Crippen molar-refractivity contribution in [3.8, 4) is 0 Å². The van der Waals surface area contributed by atoms with Gasteiger partial charge >= 0.3 is 0 Å². The van der Waals surface area contributed by atoms with E-state index >= 15 is 0 Å². The summed E-state index contributed by atoms with van der Waals surface area (Å²) in [7, 11) is 0. The molecule has 0 amide bonds. The lowest BCUT2D eigenvalue weighted by Gasteiger charge is -2.44. The summed E-state index contributed by atoms with van der Waals surface area (Å²) >= 11 is 0. The number of rotatable bonds is 3. The van der Waals surface area contributed by atoms with Gasteiger partial charge in [0.15, 0.2) is 0 Å². The zero-order chi connectivity index (χ0) is 13.1.